The van der Waals surface area contributed by atoms with Crippen molar-refractivity contribution in [2.24, 2.45) is 0 Å². The maximum Gasteiger partial charge on any atom is 0.170 e. The molecule has 168 valence electrons. The molecule has 1 aromatic carbocycles. The first-order chi connectivity index (χ1) is 15.4. The summed E-state index contributed by atoms with van der Waals surface area (Å²) in [5.41, 5.74) is 5.37. The molecule has 2 atom stereocenters. The van der Waals surface area contributed by atoms with Crippen LogP contribution < -0.4 is 5.32 Å². The second-order valence-corrected chi connectivity index (χ2v) is 9.00. The molecule has 2 unspecified atom stereocenters. The van der Waals surface area contributed by atoms with Crippen LogP contribution in [0.25, 0.3) is 5.69 Å². The van der Waals surface area contributed by atoms with Crippen molar-refractivity contribution in [1.82, 2.24) is 24.7 Å². The lowest BCUT2D eigenvalue weighted by atomic mass is 9.96. The van der Waals surface area contributed by atoms with E-state index < -0.39 is 0 Å². The van der Waals surface area contributed by atoms with Gasteiger partial charge in [0.25, 0.3) is 0 Å². The van der Waals surface area contributed by atoms with Crippen LogP contribution in [0.4, 0.5) is 4.39 Å². The molecule has 7 heteroatoms. The fourth-order valence-electron chi connectivity index (χ4n) is 4.62. The summed E-state index contributed by atoms with van der Waals surface area (Å²) in [6.07, 6.45) is 2.84. The second kappa shape index (κ2) is 9.38. The standard InChI is InChI=1S/C25H30FN5S/c1-17-16-21(18(2)31(17)20-11-9-19(26)10-12-20)24-23(22-8-5-6-13-27-22)28-25(32)30(24)15-7-14-29(3)4/h5-6,8-13,16,23-24H,7,14-15H2,1-4H3,(H,28,32). The number of nitrogens with one attached hydrogen (secondary N) is 1. The molecule has 2 aromatic heterocycles. The smallest absolute Gasteiger partial charge is 0.170 e. The zero-order valence-electron chi connectivity index (χ0n) is 19.0. The van der Waals surface area contributed by atoms with E-state index in [9.17, 15) is 4.39 Å². The molecule has 1 aliphatic heterocycles. The van der Waals surface area contributed by atoms with Gasteiger partial charge in [-0.15, -0.1) is 0 Å². The molecule has 3 aromatic rings. The Morgan fingerprint density at radius 2 is 1.88 bits per heavy atom. The number of benzene rings is 1. The Morgan fingerprint density at radius 3 is 2.53 bits per heavy atom. The summed E-state index contributed by atoms with van der Waals surface area (Å²) in [7, 11) is 4.18. The average Bonchev–Trinajstić information content (AvgIpc) is 3.25. The van der Waals surface area contributed by atoms with Gasteiger partial charge >= 0.3 is 0 Å². The van der Waals surface area contributed by atoms with E-state index in [-0.39, 0.29) is 17.9 Å². The van der Waals surface area contributed by atoms with E-state index in [1.54, 1.807) is 0 Å². The third-order valence-electron chi connectivity index (χ3n) is 6.08. The number of pyridine rings is 1. The number of hydrogen-bond donors (Lipinski definition) is 1. The molecule has 0 saturated carbocycles. The summed E-state index contributed by atoms with van der Waals surface area (Å²) < 4.78 is 15.7. The number of thiocarbonyl (C=S) groups is 1. The number of rotatable bonds is 7. The summed E-state index contributed by atoms with van der Waals surface area (Å²) in [5.74, 6) is -0.232. The number of aryl methyl sites for hydroxylation is 1. The Bertz CT molecular complexity index is 1080. The van der Waals surface area contributed by atoms with Crippen LogP contribution in [0.5, 0.6) is 0 Å². The zero-order valence-corrected chi connectivity index (χ0v) is 19.9. The van der Waals surface area contributed by atoms with Crippen molar-refractivity contribution < 1.29 is 4.39 Å². The van der Waals surface area contributed by atoms with Gasteiger partial charge in [0.2, 0.25) is 0 Å². The third-order valence-corrected chi connectivity index (χ3v) is 6.43. The number of halogens is 1. The minimum atomic E-state index is -0.232. The number of aromatic nitrogens is 2. The molecular formula is C25H30FN5S. The lowest BCUT2D eigenvalue weighted by molar-refractivity contribution is 0.292. The van der Waals surface area contributed by atoms with Crippen molar-refractivity contribution in [3.8, 4) is 5.69 Å². The first kappa shape index (κ1) is 22.4. The highest BCUT2D eigenvalue weighted by Crippen LogP contribution is 2.41. The predicted molar refractivity (Wildman–Crippen MR) is 131 cm³/mol. The molecule has 0 amide bonds. The molecule has 32 heavy (non-hydrogen) atoms. The highest BCUT2D eigenvalue weighted by Gasteiger charge is 2.41. The van der Waals surface area contributed by atoms with Crippen molar-refractivity contribution in [3.63, 3.8) is 0 Å². The number of nitrogens with zero attached hydrogens (tertiary/aromatic N) is 4. The fourth-order valence-corrected chi connectivity index (χ4v) is 4.95. The van der Waals surface area contributed by atoms with Crippen molar-refractivity contribution in [1.29, 1.82) is 0 Å². The van der Waals surface area contributed by atoms with Gasteiger partial charge in [-0.1, -0.05) is 6.07 Å². The number of hydrogen-bond acceptors (Lipinski definition) is 3. The predicted octanol–water partition coefficient (Wildman–Crippen LogP) is 4.55. The SMILES string of the molecule is Cc1cc(C2C(c3ccccn3)NC(=S)N2CCCN(C)C)c(C)n1-c1ccc(F)cc1. The van der Waals surface area contributed by atoms with Gasteiger partial charge in [0.15, 0.2) is 5.11 Å². The Labute approximate surface area is 194 Å². The molecular weight excluding hydrogens is 421 g/mol. The minimum Gasteiger partial charge on any atom is -0.352 e. The van der Waals surface area contributed by atoms with Gasteiger partial charge < -0.3 is 19.7 Å². The molecule has 5 nitrogen and oxygen atoms in total. The van der Waals surface area contributed by atoms with Crippen LogP contribution in [0.1, 0.15) is 41.1 Å². The van der Waals surface area contributed by atoms with E-state index in [4.69, 9.17) is 12.2 Å². The quantitative estimate of drug-likeness (QED) is 0.533. The fraction of sp³-hybridized carbons (Fsp3) is 0.360. The molecule has 0 radical (unpaired) electrons. The zero-order chi connectivity index (χ0) is 22.8. The van der Waals surface area contributed by atoms with Crippen LogP contribution in [0, 0.1) is 19.7 Å². The summed E-state index contributed by atoms with van der Waals surface area (Å²) in [6.45, 7) is 6.07. The van der Waals surface area contributed by atoms with Gasteiger partial charge in [0.05, 0.1) is 17.8 Å². The van der Waals surface area contributed by atoms with Crippen LogP contribution in [0.3, 0.4) is 0 Å². The Balaban J connectivity index is 1.76. The van der Waals surface area contributed by atoms with Crippen LogP contribution in [-0.2, 0) is 0 Å². The lowest BCUT2D eigenvalue weighted by Crippen LogP contribution is -2.32. The van der Waals surface area contributed by atoms with E-state index in [0.717, 1.165) is 47.4 Å². The highest BCUT2D eigenvalue weighted by molar-refractivity contribution is 7.80. The summed E-state index contributed by atoms with van der Waals surface area (Å²) >= 11 is 5.79. The van der Waals surface area contributed by atoms with Gasteiger partial charge in [-0.05, 0) is 101 Å². The maximum atomic E-state index is 13.5. The van der Waals surface area contributed by atoms with Crippen LogP contribution >= 0.6 is 12.2 Å². The maximum absolute atomic E-state index is 13.5. The van der Waals surface area contributed by atoms with Crippen molar-refractivity contribution in [2.45, 2.75) is 32.4 Å². The minimum absolute atomic E-state index is 0.0277. The van der Waals surface area contributed by atoms with E-state index in [0.29, 0.717) is 0 Å². The molecule has 4 rings (SSSR count). The third kappa shape index (κ3) is 4.40. The Morgan fingerprint density at radius 1 is 1.12 bits per heavy atom. The average molecular weight is 452 g/mol. The molecule has 1 fully saturated rings. The first-order valence-corrected chi connectivity index (χ1v) is 11.3. The van der Waals surface area contributed by atoms with E-state index in [1.165, 1.54) is 17.7 Å². The topological polar surface area (TPSA) is 36.3 Å². The summed E-state index contributed by atoms with van der Waals surface area (Å²) in [4.78, 5) is 9.13. The molecule has 0 bridgehead atoms. The van der Waals surface area contributed by atoms with E-state index in [2.05, 4.69) is 64.7 Å². The van der Waals surface area contributed by atoms with E-state index in [1.807, 2.05) is 30.5 Å². The van der Waals surface area contributed by atoms with Gasteiger partial charge in [-0.2, -0.15) is 0 Å². The lowest BCUT2D eigenvalue weighted by Gasteiger charge is -2.28. The van der Waals surface area contributed by atoms with Crippen molar-refractivity contribution >= 4 is 17.3 Å². The van der Waals surface area contributed by atoms with Gasteiger partial charge in [0.1, 0.15) is 5.82 Å². The van der Waals surface area contributed by atoms with Gasteiger partial charge in [0, 0.05) is 29.8 Å². The molecule has 3 heterocycles. The molecule has 0 spiro atoms. The second-order valence-electron chi connectivity index (χ2n) is 8.62. The Kier molecular flexibility index (Phi) is 6.58. The largest absolute Gasteiger partial charge is 0.352 e. The summed E-state index contributed by atoms with van der Waals surface area (Å²) in [5, 5.41) is 4.29. The van der Waals surface area contributed by atoms with Crippen molar-refractivity contribution in [3.05, 3.63) is 83.2 Å². The van der Waals surface area contributed by atoms with Gasteiger partial charge in [-0.3, -0.25) is 4.98 Å². The van der Waals surface area contributed by atoms with Gasteiger partial charge in [-0.25, -0.2) is 4.39 Å². The Hall–Kier alpha value is -2.77. The van der Waals surface area contributed by atoms with Crippen LogP contribution in [0.15, 0.2) is 54.7 Å². The molecule has 1 aliphatic rings. The molecule has 1 N–H and O–H groups in total. The van der Waals surface area contributed by atoms with E-state index >= 15 is 0 Å². The molecule has 0 aliphatic carbocycles. The highest BCUT2D eigenvalue weighted by atomic mass is 32.1. The first-order valence-electron chi connectivity index (χ1n) is 10.9. The monoisotopic (exact) mass is 451 g/mol. The van der Waals surface area contributed by atoms with Crippen LogP contribution in [0.2, 0.25) is 0 Å². The van der Waals surface area contributed by atoms with Crippen molar-refractivity contribution in [2.75, 3.05) is 27.2 Å². The molecule has 1 saturated heterocycles. The summed E-state index contributed by atoms with van der Waals surface area (Å²) in [6, 6.07) is 14.9. The normalized spacial score (nSPS) is 18.4. The van der Waals surface area contributed by atoms with Crippen LogP contribution in [-0.4, -0.2) is 51.6 Å².